The van der Waals surface area contributed by atoms with Crippen LogP contribution in [0, 0.1) is 6.92 Å². The van der Waals surface area contributed by atoms with Gasteiger partial charge in [-0.2, -0.15) is 0 Å². The lowest BCUT2D eigenvalue weighted by molar-refractivity contribution is 0.0878. The zero-order valence-corrected chi connectivity index (χ0v) is 10.7. The number of aryl methyl sites for hydroxylation is 1. The van der Waals surface area contributed by atoms with Gasteiger partial charge in [-0.3, -0.25) is 9.69 Å². The molecule has 1 aromatic heterocycles. The van der Waals surface area contributed by atoms with Gasteiger partial charge in [-0.05, 0) is 32.7 Å². The Bertz CT molecular complexity index is 443. The van der Waals surface area contributed by atoms with Gasteiger partial charge < -0.3 is 9.84 Å². The molecule has 2 atom stereocenters. The van der Waals surface area contributed by atoms with Crippen LogP contribution in [0.1, 0.15) is 41.9 Å². The number of fused-ring (bicyclic) bond motifs is 1. The van der Waals surface area contributed by atoms with Crippen LogP contribution >= 0.6 is 0 Å². The quantitative estimate of drug-likeness (QED) is 0.859. The number of aromatic nitrogens is 1. The van der Waals surface area contributed by atoms with Crippen molar-refractivity contribution < 1.29 is 9.32 Å². The van der Waals surface area contributed by atoms with Gasteiger partial charge >= 0.3 is 0 Å². The Hall–Kier alpha value is -1.36. The smallest absolute Gasteiger partial charge is 0.290 e. The summed E-state index contributed by atoms with van der Waals surface area (Å²) in [6.45, 7) is 4.10. The number of nitrogens with one attached hydrogen (secondary N) is 1. The number of piperidine rings is 1. The highest BCUT2D eigenvalue weighted by atomic mass is 16.5. The Morgan fingerprint density at radius 2 is 2.33 bits per heavy atom. The molecular weight excluding hydrogens is 230 g/mol. The van der Waals surface area contributed by atoms with Gasteiger partial charge in [0.2, 0.25) is 5.76 Å². The van der Waals surface area contributed by atoms with Crippen LogP contribution in [0.25, 0.3) is 0 Å². The van der Waals surface area contributed by atoms with E-state index in [0.717, 1.165) is 18.7 Å². The number of carbonyl (C=O) groups excluding carboxylic acids is 1. The van der Waals surface area contributed by atoms with Gasteiger partial charge in [-0.15, -0.1) is 0 Å². The summed E-state index contributed by atoms with van der Waals surface area (Å²) in [5.41, 5.74) is 0.742. The standard InChI is InChI=1S/C13H19N3O2/c1-9-8-12(18-15-9)13(17)14-10-5-7-16-6-3-2-4-11(10)16/h8,10-11H,2-7H2,1H3,(H,14,17)/t10-,11+/m0/s1. The molecule has 2 aliphatic heterocycles. The lowest BCUT2D eigenvalue weighted by Crippen LogP contribution is -2.46. The van der Waals surface area contributed by atoms with Crippen LogP contribution in [0.15, 0.2) is 10.6 Å². The molecule has 2 saturated heterocycles. The fourth-order valence-corrected chi connectivity index (χ4v) is 3.13. The van der Waals surface area contributed by atoms with Crippen LogP contribution in [0.3, 0.4) is 0 Å². The lowest BCUT2D eigenvalue weighted by Gasteiger charge is -2.32. The maximum absolute atomic E-state index is 12.0. The van der Waals surface area contributed by atoms with Crippen LogP contribution in [0.2, 0.25) is 0 Å². The molecule has 0 aliphatic carbocycles. The molecule has 3 heterocycles. The second-order valence-electron chi connectivity index (χ2n) is 5.30. The average Bonchev–Trinajstić information content (AvgIpc) is 2.97. The normalized spacial score (nSPS) is 28.1. The van der Waals surface area contributed by atoms with Gasteiger partial charge in [0.15, 0.2) is 0 Å². The van der Waals surface area contributed by atoms with Gasteiger partial charge in [-0.1, -0.05) is 11.6 Å². The lowest BCUT2D eigenvalue weighted by atomic mass is 9.99. The summed E-state index contributed by atoms with van der Waals surface area (Å²) in [6.07, 6.45) is 4.80. The van der Waals surface area contributed by atoms with Crippen LogP contribution < -0.4 is 5.32 Å². The maximum Gasteiger partial charge on any atom is 0.290 e. The molecule has 0 spiro atoms. The molecule has 0 radical (unpaired) electrons. The predicted molar refractivity (Wildman–Crippen MR) is 66.3 cm³/mol. The molecule has 0 bridgehead atoms. The second kappa shape index (κ2) is 4.72. The van der Waals surface area contributed by atoms with Crippen molar-refractivity contribution in [3.63, 3.8) is 0 Å². The predicted octanol–water partition coefficient (Wildman–Crippen LogP) is 1.34. The fraction of sp³-hybridized carbons (Fsp3) is 0.692. The third-order valence-corrected chi connectivity index (χ3v) is 4.02. The second-order valence-corrected chi connectivity index (χ2v) is 5.30. The number of hydrogen-bond acceptors (Lipinski definition) is 4. The maximum atomic E-state index is 12.0. The van der Waals surface area contributed by atoms with Crippen molar-refractivity contribution in [3.05, 3.63) is 17.5 Å². The molecule has 1 aromatic rings. The number of amides is 1. The molecule has 0 aromatic carbocycles. The Kier molecular flexibility index (Phi) is 3.07. The first kappa shape index (κ1) is 11.7. The van der Waals surface area contributed by atoms with Crippen molar-refractivity contribution in [2.75, 3.05) is 13.1 Å². The van der Waals surface area contributed by atoms with Crippen molar-refractivity contribution >= 4 is 5.91 Å². The van der Waals surface area contributed by atoms with Crippen molar-refractivity contribution in [3.8, 4) is 0 Å². The van der Waals surface area contributed by atoms with Crippen molar-refractivity contribution in [2.45, 2.75) is 44.7 Å². The monoisotopic (exact) mass is 249 g/mol. The summed E-state index contributed by atoms with van der Waals surface area (Å²) in [5, 5.41) is 6.84. The highest BCUT2D eigenvalue weighted by Gasteiger charge is 2.36. The minimum atomic E-state index is -0.131. The summed E-state index contributed by atoms with van der Waals surface area (Å²) in [5.74, 6) is 0.190. The molecule has 0 saturated carbocycles. The Morgan fingerprint density at radius 1 is 1.44 bits per heavy atom. The van der Waals surface area contributed by atoms with E-state index in [-0.39, 0.29) is 11.9 Å². The van der Waals surface area contributed by atoms with Gasteiger partial charge in [0.1, 0.15) is 0 Å². The first-order valence-corrected chi connectivity index (χ1v) is 6.72. The van der Waals surface area contributed by atoms with Gasteiger partial charge in [0, 0.05) is 24.7 Å². The molecule has 3 rings (SSSR count). The average molecular weight is 249 g/mol. The summed E-state index contributed by atoms with van der Waals surface area (Å²) in [4.78, 5) is 14.5. The van der Waals surface area contributed by atoms with Crippen LogP contribution in [0.4, 0.5) is 0 Å². The summed E-state index contributed by atoms with van der Waals surface area (Å²) >= 11 is 0. The number of rotatable bonds is 2. The Balaban J connectivity index is 1.64. The zero-order chi connectivity index (χ0) is 12.5. The largest absolute Gasteiger partial charge is 0.351 e. The van der Waals surface area contributed by atoms with Crippen molar-refractivity contribution in [2.24, 2.45) is 0 Å². The first-order chi connectivity index (χ1) is 8.74. The van der Waals surface area contributed by atoms with E-state index in [1.54, 1.807) is 6.07 Å². The summed E-state index contributed by atoms with van der Waals surface area (Å²) < 4.78 is 5.00. The Labute approximate surface area is 107 Å². The van der Waals surface area contributed by atoms with Gasteiger partial charge in [0.05, 0.1) is 5.69 Å². The first-order valence-electron chi connectivity index (χ1n) is 6.72. The van der Waals surface area contributed by atoms with Crippen LogP contribution in [-0.2, 0) is 0 Å². The minimum absolute atomic E-state index is 0.131. The molecule has 5 nitrogen and oxygen atoms in total. The molecule has 98 valence electrons. The molecule has 1 amide bonds. The van der Waals surface area contributed by atoms with E-state index >= 15 is 0 Å². The third-order valence-electron chi connectivity index (χ3n) is 4.02. The summed E-state index contributed by atoms with van der Waals surface area (Å²) in [7, 11) is 0. The molecule has 2 aliphatic rings. The Morgan fingerprint density at radius 3 is 3.11 bits per heavy atom. The molecule has 18 heavy (non-hydrogen) atoms. The van der Waals surface area contributed by atoms with Gasteiger partial charge in [0.25, 0.3) is 5.91 Å². The van der Waals surface area contributed by atoms with Crippen LogP contribution in [0.5, 0.6) is 0 Å². The number of carbonyl (C=O) groups is 1. The highest BCUT2D eigenvalue weighted by molar-refractivity contribution is 5.91. The molecule has 5 heteroatoms. The van der Waals surface area contributed by atoms with E-state index < -0.39 is 0 Å². The van der Waals surface area contributed by atoms with Crippen molar-refractivity contribution in [1.29, 1.82) is 0 Å². The van der Waals surface area contributed by atoms with E-state index in [4.69, 9.17) is 4.52 Å². The van der Waals surface area contributed by atoms with E-state index in [2.05, 4.69) is 15.4 Å². The van der Waals surface area contributed by atoms with Gasteiger partial charge in [-0.25, -0.2) is 0 Å². The molecule has 0 unspecified atom stereocenters. The zero-order valence-electron chi connectivity index (χ0n) is 10.7. The topological polar surface area (TPSA) is 58.4 Å². The summed E-state index contributed by atoms with van der Waals surface area (Å²) in [6, 6.07) is 2.47. The molecule has 1 N–H and O–H groups in total. The van der Waals surface area contributed by atoms with Crippen molar-refractivity contribution in [1.82, 2.24) is 15.4 Å². The molecule has 2 fully saturated rings. The van der Waals surface area contributed by atoms with Crippen LogP contribution in [-0.4, -0.2) is 41.1 Å². The molecular formula is C13H19N3O2. The minimum Gasteiger partial charge on any atom is -0.351 e. The SMILES string of the molecule is Cc1cc(C(=O)N[C@H]2CCN3CCCC[C@H]23)on1. The van der Waals surface area contributed by atoms with E-state index in [0.29, 0.717) is 11.8 Å². The van der Waals surface area contributed by atoms with E-state index in [1.807, 2.05) is 6.92 Å². The fourth-order valence-electron chi connectivity index (χ4n) is 3.13. The van der Waals surface area contributed by atoms with E-state index in [1.165, 1.54) is 25.8 Å². The number of hydrogen-bond donors (Lipinski definition) is 1. The highest BCUT2D eigenvalue weighted by Crippen LogP contribution is 2.27. The number of nitrogens with zero attached hydrogens (tertiary/aromatic N) is 2. The third kappa shape index (κ3) is 2.14. The van der Waals surface area contributed by atoms with E-state index in [9.17, 15) is 4.79 Å².